The first-order chi connectivity index (χ1) is 18.3. The summed E-state index contributed by atoms with van der Waals surface area (Å²) in [6.07, 6.45) is 3.86. The van der Waals surface area contributed by atoms with Crippen LogP contribution in [-0.4, -0.2) is 94.2 Å². The average molecular weight is 515 g/mol. The lowest BCUT2D eigenvalue weighted by molar-refractivity contribution is 0.00587. The molecule has 10 heteroatoms. The molecule has 3 aliphatic rings. The van der Waals surface area contributed by atoms with Crippen molar-refractivity contribution in [1.29, 1.82) is 0 Å². The van der Waals surface area contributed by atoms with Crippen molar-refractivity contribution in [2.24, 2.45) is 0 Å². The number of anilines is 3. The number of hydrogen-bond acceptors (Lipinski definition) is 9. The van der Waals surface area contributed by atoms with Gasteiger partial charge in [-0.2, -0.15) is 9.97 Å². The number of likely N-dealkylation sites (tertiary alicyclic amines) is 1. The van der Waals surface area contributed by atoms with E-state index >= 15 is 0 Å². The zero-order chi connectivity index (χ0) is 26.4. The van der Waals surface area contributed by atoms with E-state index in [1.165, 1.54) is 11.1 Å². The lowest BCUT2D eigenvalue weighted by Gasteiger charge is -2.37. The van der Waals surface area contributed by atoms with E-state index in [1.54, 1.807) is 17.3 Å². The lowest BCUT2D eigenvalue weighted by atomic mass is 9.91. The van der Waals surface area contributed by atoms with Crippen molar-refractivity contribution < 1.29 is 9.90 Å². The van der Waals surface area contributed by atoms with Gasteiger partial charge in [0.1, 0.15) is 11.6 Å². The van der Waals surface area contributed by atoms with Crippen LogP contribution >= 0.6 is 0 Å². The third kappa shape index (κ3) is 4.77. The van der Waals surface area contributed by atoms with E-state index in [0.29, 0.717) is 31.1 Å². The van der Waals surface area contributed by atoms with Crippen LogP contribution in [-0.2, 0) is 13.0 Å². The summed E-state index contributed by atoms with van der Waals surface area (Å²) in [6, 6.07) is 10.7. The summed E-state index contributed by atoms with van der Waals surface area (Å²) >= 11 is 0. The molecule has 1 amide bonds. The van der Waals surface area contributed by atoms with Crippen LogP contribution in [0.15, 0.2) is 42.7 Å². The van der Waals surface area contributed by atoms with Gasteiger partial charge in [-0.25, -0.2) is 0 Å². The molecular weight excluding hydrogens is 480 g/mol. The fraction of sp³-hybridized carbons (Fsp3) is 0.429. The quantitative estimate of drug-likeness (QED) is 0.536. The number of fused-ring (bicyclic) bond motifs is 1. The second-order valence-corrected chi connectivity index (χ2v) is 10.7. The fourth-order valence-corrected chi connectivity index (χ4v) is 5.53. The molecule has 0 aliphatic carbocycles. The monoisotopic (exact) mass is 514 g/mol. The number of amides is 1. The zero-order valence-electron chi connectivity index (χ0n) is 21.9. The van der Waals surface area contributed by atoms with Gasteiger partial charge in [-0.1, -0.05) is 12.1 Å². The minimum absolute atomic E-state index is 0.0971. The van der Waals surface area contributed by atoms with Gasteiger partial charge in [0.15, 0.2) is 0 Å². The standard InChI is InChI=1S/C28H34N8O2/c1-18-9-19-3-4-20(21-11-22(14-30-13-21)27(38)35-16-24(37)17-35)10-23(19)15-36(18)26-12-25(31-28(29)32-26)34-7-5-33(2)6-8-34/h3-4,10-14,18,24,37H,5-9,15-17H2,1-2H3,(H2,29,31,32). The van der Waals surface area contributed by atoms with Crippen LogP contribution in [0.4, 0.5) is 17.6 Å². The van der Waals surface area contributed by atoms with Crippen LogP contribution in [0, 0.1) is 0 Å². The molecule has 1 atom stereocenters. The van der Waals surface area contributed by atoms with Crippen molar-refractivity contribution in [2.45, 2.75) is 32.0 Å². The Morgan fingerprint density at radius 2 is 1.74 bits per heavy atom. The number of aromatic nitrogens is 3. The first kappa shape index (κ1) is 24.6. The number of β-amino-alcohol motifs (C(OH)–C–C–N with tert-alkyl or cyclic N) is 1. The number of hydrogen-bond donors (Lipinski definition) is 2. The van der Waals surface area contributed by atoms with E-state index in [-0.39, 0.29) is 11.9 Å². The number of nitrogen functional groups attached to an aromatic ring is 1. The maximum atomic E-state index is 12.8. The van der Waals surface area contributed by atoms with E-state index < -0.39 is 6.10 Å². The highest BCUT2D eigenvalue weighted by Crippen LogP contribution is 2.32. The van der Waals surface area contributed by atoms with Crippen LogP contribution in [0.5, 0.6) is 0 Å². The molecular formula is C28H34N8O2. The summed E-state index contributed by atoms with van der Waals surface area (Å²) in [7, 11) is 2.14. The first-order valence-electron chi connectivity index (χ1n) is 13.2. The predicted molar refractivity (Wildman–Crippen MR) is 147 cm³/mol. The van der Waals surface area contributed by atoms with Crippen molar-refractivity contribution in [1.82, 2.24) is 24.8 Å². The number of aliphatic hydroxyl groups excluding tert-OH is 1. The Labute approximate surface area is 222 Å². The number of nitrogens with two attached hydrogens (primary N) is 1. The van der Waals surface area contributed by atoms with E-state index in [9.17, 15) is 9.90 Å². The number of likely N-dealkylation sites (N-methyl/N-ethyl adjacent to an activating group) is 1. The summed E-state index contributed by atoms with van der Waals surface area (Å²) in [6.45, 7) is 7.51. The molecule has 10 nitrogen and oxygen atoms in total. The number of carbonyl (C=O) groups is 1. The molecule has 0 spiro atoms. The van der Waals surface area contributed by atoms with Crippen molar-refractivity contribution in [3.05, 3.63) is 59.4 Å². The lowest BCUT2D eigenvalue weighted by Crippen LogP contribution is -2.53. The number of aliphatic hydroxyl groups is 1. The van der Waals surface area contributed by atoms with E-state index in [0.717, 1.165) is 55.4 Å². The van der Waals surface area contributed by atoms with Gasteiger partial charge in [-0.15, -0.1) is 0 Å². The van der Waals surface area contributed by atoms with Crippen LogP contribution in [0.25, 0.3) is 11.1 Å². The van der Waals surface area contributed by atoms with E-state index in [1.807, 2.05) is 6.07 Å². The molecule has 2 fully saturated rings. The number of nitrogens with zero attached hydrogens (tertiary/aromatic N) is 7. The van der Waals surface area contributed by atoms with Gasteiger partial charge in [0.2, 0.25) is 5.95 Å². The molecule has 5 heterocycles. The molecule has 0 radical (unpaired) electrons. The Morgan fingerprint density at radius 1 is 0.974 bits per heavy atom. The van der Waals surface area contributed by atoms with Gasteiger partial charge in [0.05, 0.1) is 11.7 Å². The molecule has 0 saturated carbocycles. The molecule has 2 aromatic heterocycles. The Morgan fingerprint density at radius 3 is 2.50 bits per heavy atom. The molecule has 3 aromatic rings. The highest BCUT2D eigenvalue weighted by molar-refractivity contribution is 5.95. The third-order valence-electron chi connectivity index (χ3n) is 7.90. The highest BCUT2D eigenvalue weighted by Gasteiger charge is 2.30. The van der Waals surface area contributed by atoms with Gasteiger partial charge in [0.25, 0.3) is 5.91 Å². The van der Waals surface area contributed by atoms with Crippen LogP contribution in [0.3, 0.4) is 0 Å². The smallest absolute Gasteiger partial charge is 0.255 e. The Bertz CT molecular complexity index is 1350. The number of carbonyl (C=O) groups excluding carboxylic acids is 1. The second kappa shape index (κ2) is 9.85. The SMILES string of the molecule is CC1Cc2ccc(-c3cncc(C(=O)N4CC(O)C4)c3)cc2CN1c1cc(N2CCN(C)CC2)nc(N)n1. The van der Waals surface area contributed by atoms with E-state index in [2.05, 4.69) is 67.9 Å². The topological polar surface area (TPSA) is 115 Å². The minimum atomic E-state index is -0.427. The summed E-state index contributed by atoms with van der Waals surface area (Å²) in [5.74, 6) is 1.93. The van der Waals surface area contributed by atoms with Gasteiger partial charge in [-0.3, -0.25) is 9.78 Å². The number of piperazine rings is 1. The molecule has 1 unspecified atom stereocenters. The average Bonchev–Trinajstić information content (AvgIpc) is 2.90. The molecule has 3 N–H and O–H groups in total. The predicted octanol–water partition coefficient (Wildman–Crippen LogP) is 1.64. The first-order valence-corrected chi connectivity index (χ1v) is 13.2. The van der Waals surface area contributed by atoms with Crippen LogP contribution < -0.4 is 15.5 Å². The van der Waals surface area contributed by atoms with Crippen molar-refractivity contribution >= 4 is 23.5 Å². The number of rotatable bonds is 4. The Hall–Kier alpha value is -3.76. The van der Waals surface area contributed by atoms with Gasteiger partial charge in [0, 0.05) is 75.9 Å². The molecule has 0 bridgehead atoms. The number of pyridine rings is 1. The zero-order valence-corrected chi connectivity index (χ0v) is 21.9. The molecule has 3 aliphatic heterocycles. The van der Waals surface area contributed by atoms with Crippen molar-refractivity contribution in [2.75, 3.05) is 61.8 Å². The van der Waals surface area contributed by atoms with Gasteiger partial charge < -0.3 is 30.4 Å². The van der Waals surface area contributed by atoms with E-state index in [4.69, 9.17) is 5.73 Å². The molecule has 1 aromatic carbocycles. The van der Waals surface area contributed by atoms with Gasteiger partial charge in [-0.05, 0) is 49.2 Å². The van der Waals surface area contributed by atoms with Crippen LogP contribution in [0.2, 0.25) is 0 Å². The van der Waals surface area contributed by atoms with Crippen LogP contribution in [0.1, 0.15) is 28.4 Å². The maximum Gasteiger partial charge on any atom is 0.255 e. The fourth-order valence-electron chi connectivity index (χ4n) is 5.53. The second-order valence-electron chi connectivity index (χ2n) is 10.7. The summed E-state index contributed by atoms with van der Waals surface area (Å²) in [5.41, 5.74) is 11.2. The minimum Gasteiger partial charge on any atom is -0.389 e. The van der Waals surface area contributed by atoms with Crippen molar-refractivity contribution in [3.8, 4) is 11.1 Å². The largest absolute Gasteiger partial charge is 0.389 e. The number of benzene rings is 1. The summed E-state index contributed by atoms with van der Waals surface area (Å²) < 4.78 is 0. The van der Waals surface area contributed by atoms with Crippen molar-refractivity contribution in [3.63, 3.8) is 0 Å². The molecule has 38 heavy (non-hydrogen) atoms. The Kier molecular flexibility index (Phi) is 6.37. The molecule has 2 saturated heterocycles. The Balaban J connectivity index is 1.25. The summed E-state index contributed by atoms with van der Waals surface area (Å²) in [5, 5.41) is 9.56. The maximum absolute atomic E-state index is 12.8. The third-order valence-corrected chi connectivity index (χ3v) is 7.90. The molecule has 6 rings (SSSR count). The summed E-state index contributed by atoms with van der Waals surface area (Å²) in [4.78, 5) is 34.8. The highest BCUT2D eigenvalue weighted by atomic mass is 16.3. The normalized spacial score (nSPS) is 20.3. The molecule has 198 valence electrons. The van der Waals surface area contributed by atoms with Gasteiger partial charge >= 0.3 is 0 Å².